The van der Waals surface area contributed by atoms with E-state index in [0.717, 1.165) is 12.8 Å². The highest BCUT2D eigenvalue weighted by Crippen LogP contribution is 2.24. The predicted molar refractivity (Wildman–Crippen MR) is 64.0 cm³/mol. The van der Waals surface area contributed by atoms with Gasteiger partial charge in [-0.25, -0.2) is 9.78 Å². The SMILES string of the molecule is CCCCC(CC)C1CCOOO1.O=S(=O)(O)O. The molecule has 7 nitrogen and oxygen atoms in total. The van der Waals surface area contributed by atoms with Crippen molar-refractivity contribution in [2.45, 2.75) is 52.1 Å². The van der Waals surface area contributed by atoms with Crippen LogP contribution >= 0.6 is 0 Å². The van der Waals surface area contributed by atoms with Gasteiger partial charge in [0.25, 0.3) is 0 Å². The first-order valence-electron chi connectivity index (χ1n) is 6.03. The minimum atomic E-state index is -4.67. The highest BCUT2D eigenvalue weighted by atomic mass is 32.3. The number of rotatable bonds is 5. The molecule has 0 saturated carbocycles. The molecule has 2 unspecified atom stereocenters. The molecule has 1 aliphatic rings. The van der Waals surface area contributed by atoms with E-state index in [1.807, 2.05) is 0 Å². The van der Waals surface area contributed by atoms with Gasteiger partial charge in [-0.1, -0.05) is 38.1 Å². The molecule has 2 atom stereocenters. The summed E-state index contributed by atoms with van der Waals surface area (Å²) in [7, 11) is -4.67. The minimum absolute atomic E-state index is 0.241. The van der Waals surface area contributed by atoms with Gasteiger partial charge in [0.1, 0.15) is 6.10 Å². The van der Waals surface area contributed by atoms with E-state index in [-0.39, 0.29) is 6.10 Å². The largest absolute Gasteiger partial charge is 0.394 e. The van der Waals surface area contributed by atoms with Crippen LogP contribution in [0, 0.1) is 5.92 Å². The van der Waals surface area contributed by atoms with E-state index in [1.54, 1.807) is 0 Å². The highest BCUT2D eigenvalue weighted by molar-refractivity contribution is 7.79. The fraction of sp³-hybridized carbons (Fsp3) is 1.00. The van der Waals surface area contributed by atoms with Crippen LogP contribution in [0.2, 0.25) is 0 Å². The summed E-state index contributed by atoms with van der Waals surface area (Å²) >= 11 is 0. The van der Waals surface area contributed by atoms with Gasteiger partial charge >= 0.3 is 10.4 Å². The van der Waals surface area contributed by atoms with Gasteiger partial charge in [-0.3, -0.25) is 9.11 Å². The first-order valence-corrected chi connectivity index (χ1v) is 7.43. The van der Waals surface area contributed by atoms with Crippen LogP contribution in [0.15, 0.2) is 0 Å². The molecule has 0 spiro atoms. The molecule has 0 amide bonds. The van der Waals surface area contributed by atoms with Crippen molar-refractivity contribution in [2.24, 2.45) is 5.92 Å². The van der Waals surface area contributed by atoms with Crippen molar-refractivity contribution in [2.75, 3.05) is 6.61 Å². The van der Waals surface area contributed by atoms with Crippen LogP contribution in [0.1, 0.15) is 46.0 Å². The summed E-state index contributed by atoms with van der Waals surface area (Å²) in [6, 6.07) is 0. The Bertz CT molecular complexity index is 277. The van der Waals surface area contributed by atoms with E-state index in [2.05, 4.69) is 23.8 Å². The van der Waals surface area contributed by atoms with Crippen LogP contribution < -0.4 is 0 Å². The smallest absolute Gasteiger partial charge is 0.264 e. The Hall–Kier alpha value is -0.250. The molecule has 1 saturated heterocycles. The zero-order valence-corrected chi connectivity index (χ0v) is 11.6. The second-order valence-electron chi connectivity index (χ2n) is 4.07. The van der Waals surface area contributed by atoms with E-state index < -0.39 is 10.4 Å². The Morgan fingerprint density at radius 3 is 2.33 bits per heavy atom. The Labute approximate surface area is 108 Å². The van der Waals surface area contributed by atoms with E-state index in [0.29, 0.717) is 12.5 Å². The first-order chi connectivity index (χ1) is 8.38. The third kappa shape index (κ3) is 10.9. The number of hydrogen-bond donors (Lipinski definition) is 2. The van der Waals surface area contributed by atoms with Crippen molar-refractivity contribution in [3.63, 3.8) is 0 Å². The minimum Gasteiger partial charge on any atom is -0.264 e. The normalized spacial score (nSPS) is 21.9. The Balaban J connectivity index is 0.000000494. The Morgan fingerprint density at radius 1 is 1.33 bits per heavy atom. The molecule has 8 heteroatoms. The Morgan fingerprint density at radius 2 is 1.94 bits per heavy atom. The van der Waals surface area contributed by atoms with Crippen molar-refractivity contribution < 1.29 is 32.3 Å². The van der Waals surface area contributed by atoms with Crippen LogP contribution in [0.3, 0.4) is 0 Å². The lowest BCUT2D eigenvalue weighted by Gasteiger charge is -2.27. The molecule has 1 fully saturated rings. The van der Waals surface area contributed by atoms with Crippen molar-refractivity contribution >= 4 is 10.4 Å². The summed E-state index contributed by atoms with van der Waals surface area (Å²) in [5.74, 6) is 0.629. The molecule has 1 heterocycles. The molecule has 0 aromatic rings. The number of hydrogen-bond acceptors (Lipinski definition) is 5. The van der Waals surface area contributed by atoms with Crippen LogP contribution in [-0.4, -0.2) is 30.2 Å². The van der Waals surface area contributed by atoms with Gasteiger partial charge in [0, 0.05) is 6.42 Å². The molecule has 2 N–H and O–H groups in total. The van der Waals surface area contributed by atoms with Crippen LogP contribution in [0.25, 0.3) is 0 Å². The lowest BCUT2D eigenvalue weighted by atomic mass is 9.92. The van der Waals surface area contributed by atoms with Gasteiger partial charge in [0.05, 0.1) is 6.61 Å². The molecule has 0 aromatic carbocycles. The van der Waals surface area contributed by atoms with Gasteiger partial charge in [0.15, 0.2) is 0 Å². The summed E-state index contributed by atoms with van der Waals surface area (Å²) < 4.78 is 31.6. The fourth-order valence-electron chi connectivity index (χ4n) is 1.76. The maximum absolute atomic E-state index is 8.74. The quantitative estimate of drug-likeness (QED) is 0.590. The molecular weight excluding hydrogens is 264 g/mol. The molecular formula is C10H22O7S. The first kappa shape index (κ1) is 17.8. The summed E-state index contributed by atoms with van der Waals surface area (Å²) in [4.78, 5) is 9.78. The van der Waals surface area contributed by atoms with E-state index in [9.17, 15) is 0 Å². The van der Waals surface area contributed by atoms with E-state index >= 15 is 0 Å². The highest BCUT2D eigenvalue weighted by Gasteiger charge is 2.24. The summed E-state index contributed by atoms with van der Waals surface area (Å²) in [5.41, 5.74) is 0. The monoisotopic (exact) mass is 286 g/mol. The lowest BCUT2D eigenvalue weighted by molar-refractivity contribution is -0.552. The fourth-order valence-corrected chi connectivity index (χ4v) is 1.76. The van der Waals surface area contributed by atoms with E-state index in [4.69, 9.17) is 22.4 Å². The maximum atomic E-state index is 8.74. The van der Waals surface area contributed by atoms with Crippen LogP contribution in [0.5, 0.6) is 0 Å². The van der Waals surface area contributed by atoms with E-state index in [1.165, 1.54) is 19.3 Å². The Kier molecular flexibility index (Phi) is 9.52. The zero-order valence-electron chi connectivity index (χ0n) is 10.7. The average molecular weight is 286 g/mol. The molecule has 0 aliphatic carbocycles. The maximum Gasteiger partial charge on any atom is 0.394 e. The second kappa shape index (κ2) is 9.65. The van der Waals surface area contributed by atoms with Crippen LogP contribution in [0.4, 0.5) is 0 Å². The third-order valence-corrected chi connectivity index (χ3v) is 2.68. The summed E-state index contributed by atoms with van der Waals surface area (Å²) in [6.07, 6.45) is 6.13. The van der Waals surface area contributed by atoms with Crippen molar-refractivity contribution in [1.29, 1.82) is 0 Å². The van der Waals surface area contributed by atoms with Crippen molar-refractivity contribution in [3.8, 4) is 0 Å². The molecule has 110 valence electrons. The lowest BCUT2D eigenvalue weighted by Crippen LogP contribution is -2.29. The topological polar surface area (TPSA) is 102 Å². The predicted octanol–water partition coefficient (Wildman–Crippen LogP) is 2.20. The van der Waals surface area contributed by atoms with Gasteiger partial charge in [-0.05, 0) is 12.3 Å². The van der Waals surface area contributed by atoms with Crippen LogP contribution in [-0.2, 0) is 25.2 Å². The average Bonchev–Trinajstić information content (AvgIpc) is 2.29. The summed E-state index contributed by atoms with van der Waals surface area (Å²) in [6.45, 7) is 5.08. The molecule has 1 rings (SSSR count). The molecule has 1 aliphatic heterocycles. The zero-order chi connectivity index (χ0) is 14.0. The van der Waals surface area contributed by atoms with Gasteiger partial charge in [0.2, 0.25) is 0 Å². The summed E-state index contributed by atoms with van der Waals surface area (Å²) in [5, 5.41) is 4.54. The van der Waals surface area contributed by atoms with Gasteiger partial charge in [-0.2, -0.15) is 8.42 Å². The molecule has 0 aromatic heterocycles. The molecule has 0 radical (unpaired) electrons. The standard InChI is InChI=1S/C10H20O3.H2O4S/c1-3-5-6-9(4-2)10-7-8-11-13-12-10;1-5(2,3)4/h9-10H,3-8H2,1-2H3;(H2,1,2,3,4). The van der Waals surface area contributed by atoms with Crippen molar-refractivity contribution in [1.82, 2.24) is 0 Å². The molecule has 0 bridgehead atoms. The molecule has 18 heavy (non-hydrogen) atoms. The van der Waals surface area contributed by atoms with Gasteiger partial charge < -0.3 is 0 Å². The van der Waals surface area contributed by atoms with Crippen molar-refractivity contribution in [3.05, 3.63) is 0 Å². The second-order valence-corrected chi connectivity index (χ2v) is 4.97. The van der Waals surface area contributed by atoms with Gasteiger partial charge in [-0.15, -0.1) is 0 Å². The third-order valence-electron chi connectivity index (χ3n) is 2.68. The number of unbranched alkanes of at least 4 members (excludes halogenated alkanes) is 1.